The van der Waals surface area contributed by atoms with Gasteiger partial charge in [-0.3, -0.25) is 4.79 Å². The van der Waals surface area contributed by atoms with Gasteiger partial charge < -0.3 is 10.4 Å². The molecule has 0 fully saturated rings. The second-order valence-electron chi connectivity index (χ2n) is 5.76. The Bertz CT molecular complexity index is 396. The third-order valence-corrected chi connectivity index (χ3v) is 2.50. The highest BCUT2D eigenvalue weighted by Gasteiger charge is 2.24. The zero-order valence-corrected chi connectivity index (χ0v) is 11.4. The molecule has 0 saturated heterocycles. The van der Waals surface area contributed by atoms with Crippen LogP contribution in [0.4, 0.5) is 5.95 Å². The van der Waals surface area contributed by atoms with Crippen LogP contribution in [0.3, 0.4) is 0 Å². The van der Waals surface area contributed by atoms with Gasteiger partial charge in [-0.25, -0.2) is 9.97 Å². The summed E-state index contributed by atoms with van der Waals surface area (Å²) in [5.41, 5.74) is 0.962. The van der Waals surface area contributed by atoms with Gasteiger partial charge in [-0.1, -0.05) is 20.8 Å². The van der Waals surface area contributed by atoms with E-state index in [9.17, 15) is 9.90 Å². The lowest BCUT2D eigenvalue weighted by molar-refractivity contribution is -0.142. The van der Waals surface area contributed by atoms with Crippen molar-refractivity contribution in [1.29, 1.82) is 0 Å². The zero-order valence-electron chi connectivity index (χ0n) is 11.4. The maximum absolute atomic E-state index is 11.2. The zero-order chi connectivity index (χ0) is 13.8. The SMILES string of the molecule is Cc1cnc(NCC(CC(C)(C)C)C(=O)O)nc1. The van der Waals surface area contributed by atoms with Crippen LogP contribution in [0, 0.1) is 18.3 Å². The summed E-state index contributed by atoms with van der Waals surface area (Å²) in [6.07, 6.45) is 4.02. The Kier molecular flexibility index (Phi) is 4.64. The number of nitrogens with one attached hydrogen (secondary N) is 1. The normalized spacial score (nSPS) is 13.1. The summed E-state index contributed by atoms with van der Waals surface area (Å²) >= 11 is 0. The number of rotatable bonds is 5. The van der Waals surface area contributed by atoms with E-state index in [-0.39, 0.29) is 5.41 Å². The van der Waals surface area contributed by atoms with Crippen LogP contribution < -0.4 is 5.32 Å². The summed E-state index contributed by atoms with van der Waals surface area (Å²) in [6, 6.07) is 0. The average molecular weight is 251 g/mol. The number of carbonyl (C=O) groups is 1. The fourth-order valence-corrected chi connectivity index (χ4v) is 1.68. The number of hydrogen-bond acceptors (Lipinski definition) is 4. The monoisotopic (exact) mass is 251 g/mol. The van der Waals surface area contributed by atoms with Gasteiger partial charge in [0.15, 0.2) is 0 Å². The van der Waals surface area contributed by atoms with Crippen LogP contribution in [-0.2, 0) is 4.79 Å². The minimum Gasteiger partial charge on any atom is -0.481 e. The first-order valence-electron chi connectivity index (χ1n) is 6.03. The summed E-state index contributed by atoms with van der Waals surface area (Å²) in [6.45, 7) is 8.35. The Morgan fingerprint density at radius 3 is 2.39 bits per heavy atom. The van der Waals surface area contributed by atoms with Crippen molar-refractivity contribution in [2.45, 2.75) is 34.1 Å². The van der Waals surface area contributed by atoms with E-state index in [1.165, 1.54) is 0 Å². The highest BCUT2D eigenvalue weighted by atomic mass is 16.4. The lowest BCUT2D eigenvalue weighted by Crippen LogP contribution is -2.27. The highest BCUT2D eigenvalue weighted by Crippen LogP contribution is 2.24. The van der Waals surface area contributed by atoms with Crippen molar-refractivity contribution in [3.8, 4) is 0 Å². The molecule has 100 valence electrons. The van der Waals surface area contributed by atoms with Gasteiger partial charge in [0, 0.05) is 18.9 Å². The molecular formula is C13H21N3O2. The van der Waals surface area contributed by atoms with Gasteiger partial charge in [0.1, 0.15) is 0 Å². The molecule has 0 spiro atoms. The standard InChI is InChI=1S/C13H21N3O2/c1-9-6-14-12(15-7-9)16-8-10(11(17)18)5-13(2,3)4/h6-7,10H,5,8H2,1-4H3,(H,17,18)(H,14,15,16). The van der Waals surface area contributed by atoms with E-state index in [1.807, 2.05) is 27.7 Å². The Morgan fingerprint density at radius 2 is 1.94 bits per heavy atom. The smallest absolute Gasteiger partial charge is 0.308 e. The second kappa shape index (κ2) is 5.80. The van der Waals surface area contributed by atoms with Crippen molar-refractivity contribution < 1.29 is 9.90 Å². The molecule has 1 aromatic rings. The third-order valence-electron chi connectivity index (χ3n) is 2.50. The number of hydrogen-bond donors (Lipinski definition) is 2. The number of aromatic nitrogens is 2. The Morgan fingerprint density at radius 1 is 1.39 bits per heavy atom. The Hall–Kier alpha value is -1.65. The van der Waals surface area contributed by atoms with Crippen molar-refractivity contribution in [3.63, 3.8) is 0 Å². The molecule has 0 aliphatic carbocycles. The fourth-order valence-electron chi connectivity index (χ4n) is 1.68. The molecule has 5 nitrogen and oxygen atoms in total. The average Bonchev–Trinajstić information content (AvgIpc) is 2.24. The summed E-state index contributed by atoms with van der Waals surface area (Å²) in [5.74, 6) is -0.750. The lowest BCUT2D eigenvalue weighted by atomic mass is 9.84. The molecule has 1 atom stereocenters. The van der Waals surface area contributed by atoms with Gasteiger partial charge in [0.25, 0.3) is 0 Å². The summed E-state index contributed by atoms with van der Waals surface area (Å²) < 4.78 is 0. The molecule has 1 heterocycles. The van der Waals surface area contributed by atoms with Crippen LogP contribution in [0.25, 0.3) is 0 Å². The van der Waals surface area contributed by atoms with E-state index in [2.05, 4.69) is 15.3 Å². The minimum absolute atomic E-state index is 0.0150. The van der Waals surface area contributed by atoms with Gasteiger partial charge in [0.2, 0.25) is 5.95 Å². The van der Waals surface area contributed by atoms with E-state index < -0.39 is 11.9 Å². The van der Waals surface area contributed by atoms with E-state index in [4.69, 9.17) is 0 Å². The molecule has 2 N–H and O–H groups in total. The number of nitrogens with zero attached hydrogens (tertiary/aromatic N) is 2. The maximum atomic E-state index is 11.2. The van der Waals surface area contributed by atoms with E-state index in [1.54, 1.807) is 12.4 Å². The predicted molar refractivity (Wildman–Crippen MR) is 70.5 cm³/mol. The van der Waals surface area contributed by atoms with Crippen LogP contribution in [-0.4, -0.2) is 27.6 Å². The van der Waals surface area contributed by atoms with Gasteiger partial charge in [-0.2, -0.15) is 0 Å². The first-order chi connectivity index (χ1) is 8.28. The maximum Gasteiger partial charge on any atom is 0.308 e. The van der Waals surface area contributed by atoms with Gasteiger partial charge in [-0.05, 0) is 24.3 Å². The molecule has 18 heavy (non-hydrogen) atoms. The quantitative estimate of drug-likeness (QED) is 0.840. The van der Waals surface area contributed by atoms with Crippen LogP contribution in [0.5, 0.6) is 0 Å². The van der Waals surface area contributed by atoms with Gasteiger partial charge >= 0.3 is 5.97 Å². The van der Waals surface area contributed by atoms with E-state index >= 15 is 0 Å². The van der Waals surface area contributed by atoms with Crippen LogP contribution in [0.1, 0.15) is 32.8 Å². The molecule has 0 aromatic carbocycles. The molecule has 0 radical (unpaired) electrons. The first-order valence-corrected chi connectivity index (χ1v) is 6.03. The van der Waals surface area contributed by atoms with Crippen molar-refractivity contribution in [1.82, 2.24) is 9.97 Å². The van der Waals surface area contributed by atoms with Gasteiger partial charge in [0.05, 0.1) is 5.92 Å². The van der Waals surface area contributed by atoms with Crippen LogP contribution >= 0.6 is 0 Å². The summed E-state index contributed by atoms with van der Waals surface area (Å²) in [7, 11) is 0. The van der Waals surface area contributed by atoms with Crippen molar-refractivity contribution >= 4 is 11.9 Å². The van der Waals surface area contributed by atoms with Crippen molar-refractivity contribution in [2.24, 2.45) is 11.3 Å². The minimum atomic E-state index is -0.787. The van der Waals surface area contributed by atoms with E-state index in [0.717, 1.165) is 5.56 Å². The molecule has 0 aliphatic rings. The number of aryl methyl sites for hydroxylation is 1. The molecule has 0 aliphatic heterocycles. The summed E-state index contributed by atoms with van der Waals surface area (Å²) in [4.78, 5) is 19.4. The molecule has 0 saturated carbocycles. The Labute approximate surface area is 108 Å². The fraction of sp³-hybridized carbons (Fsp3) is 0.615. The molecule has 0 bridgehead atoms. The topological polar surface area (TPSA) is 75.1 Å². The Balaban J connectivity index is 2.57. The molecular weight excluding hydrogens is 230 g/mol. The highest BCUT2D eigenvalue weighted by molar-refractivity contribution is 5.70. The predicted octanol–water partition coefficient (Wildman–Crippen LogP) is 2.33. The molecule has 1 aromatic heterocycles. The lowest BCUT2D eigenvalue weighted by Gasteiger charge is -2.23. The van der Waals surface area contributed by atoms with Crippen LogP contribution in [0.15, 0.2) is 12.4 Å². The second-order valence-corrected chi connectivity index (χ2v) is 5.76. The molecule has 0 amide bonds. The number of aliphatic carboxylic acids is 1. The molecule has 5 heteroatoms. The van der Waals surface area contributed by atoms with Crippen LogP contribution in [0.2, 0.25) is 0 Å². The largest absolute Gasteiger partial charge is 0.481 e. The molecule has 1 rings (SSSR count). The third kappa shape index (κ3) is 5.12. The first kappa shape index (κ1) is 14.4. The van der Waals surface area contributed by atoms with Crippen molar-refractivity contribution in [2.75, 3.05) is 11.9 Å². The van der Waals surface area contributed by atoms with Crippen molar-refractivity contribution in [3.05, 3.63) is 18.0 Å². The number of carboxylic acids is 1. The summed E-state index contributed by atoms with van der Waals surface area (Å²) in [5, 5.41) is 12.2. The van der Waals surface area contributed by atoms with Gasteiger partial charge in [-0.15, -0.1) is 0 Å². The number of carboxylic acid groups (broad SMARTS) is 1. The number of anilines is 1. The molecule has 1 unspecified atom stereocenters. The van der Waals surface area contributed by atoms with E-state index in [0.29, 0.717) is 18.9 Å².